The first-order chi connectivity index (χ1) is 7.95. The number of hydrogen-bond donors (Lipinski definition) is 0. The second-order valence-electron chi connectivity index (χ2n) is 6.31. The van der Waals surface area contributed by atoms with Gasteiger partial charge in [-0.3, -0.25) is 4.90 Å². The first-order valence-corrected chi connectivity index (χ1v) is 7.36. The van der Waals surface area contributed by atoms with Gasteiger partial charge < -0.3 is 0 Å². The Morgan fingerprint density at radius 3 is 2.47 bits per heavy atom. The second kappa shape index (κ2) is 6.58. The minimum absolute atomic E-state index is 0.686. The number of likely N-dealkylation sites (tertiary alicyclic amines) is 1. The Bertz CT molecular complexity index is 244. The maximum Gasteiger partial charge on any atom is 0.0104 e. The monoisotopic (exact) mass is 237 g/mol. The van der Waals surface area contributed by atoms with Gasteiger partial charge in [0.05, 0.1) is 0 Å². The van der Waals surface area contributed by atoms with E-state index >= 15 is 0 Å². The second-order valence-corrected chi connectivity index (χ2v) is 6.31. The fourth-order valence-electron chi connectivity index (χ4n) is 3.17. The van der Waals surface area contributed by atoms with Gasteiger partial charge in [-0.25, -0.2) is 0 Å². The van der Waals surface area contributed by atoms with Gasteiger partial charge in [0.1, 0.15) is 0 Å². The lowest BCUT2D eigenvalue weighted by Crippen LogP contribution is -2.47. The van der Waals surface area contributed by atoms with Crippen LogP contribution in [0.2, 0.25) is 0 Å². The van der Waals surface area contributed by atoms with Crippen LogP contribution in [0, 0.1) is 11.8 Å². The van der Waals surface area contributed by atoms with Crippen LogP contribution in [0.4, 0.5) is 0 Å². The largest absolute Gasteiger partial charge is 0.298 e. The lowest BCUT2D eigenvalue weighted by molar-refractivity contribution is 0.0690. The Morgan fingerprint density at radius 1 is 1.35 bits per heavy atom. The quantitative estimate of drug-likeness (QED) is 0.637. The maximum absolute atomic E-state index is 4.16. The van der Waals surface area contributed by atoms with E-state index in [4.69, 9.17) is 0 Å². The van der Waals surface area contributed by atoms with Crippen molar-refractivity contribution in [3.8, 4) is 0 Å². The Morgan fingerprint density at radius 2 is 2.00 bits per heavy atom. The van der Waals surface area contributed by atoms with Crippen LogP contribution in [0.3, 0.4) is 0 Å². The van der Waals surface area contributed by atoms with E-state index in [1.807, 2.05) is 0 Å². The van der Waals surface area contributed by atoms with Gasteiger partial charge in [0.15, 0.2) is 0 Å². The highest BCUT2D eigenvalue weighted by atomic mass is 15.2. The summed E-state index contributed by atoms with van der Waals surface area (Å²) < 4.78 is 0. The minimum atomic E-state index is 0.686. The Labute approximate surface area is 108 Å². The van der Waals surface area contributed by atoms with Crippen molar-refractivity contribution in [1.82, 2.24) is 4.90 Å². The molecule has 1 aliphatic rings. The topological polar surface area (TPSA) is 3.24 Å². The highest BCUT2D eigenvalue weighted by molar-refractivity contribution is 4.98. The third kappa shape index (κ3) is 4.13. The molecule has 3 atom stereocenters. The van der Waals surface area contributed by atoms with Crippen molar-refractivity contribution in [2.45, 2.75) is 72.4 Å². The number of allylic oxidation sites excluding steroid dienone is 1. The van der Waals surface area contributed by atoms with Gasteiger partial charge in [0, 0.05) is 18.6 Å². The van der Waals surface area contributed by atoms with Gasteiger partial charge >= 0.3 is 0 Å². The van der Waals surface area contributed by atoms with Gasteiger partial charge in [0.2, 0.25) is 0 Å². The maximum atomic E-state index is 4.16. The van der Waals surface area contributed by atoms with Gasteiger partial charge in [-0.05, 0) is 58.3 Å². The molecule has 0 aliphatic carbocycles. The van der Waals surface area contributed by atoms with Crippen molar-refractivity contribution in [3.05, 3.63) is 12.2 Å². The van der Waals surface area contributed by atoms with Crippen LogP contribution < -0.4 is 0 Å². The van der Waals surface area contributed by atoms with E-state index in [9.17, 15) is 0 Å². The van der Waals surface area contributed by atoms with Gasteiger partial charge in [0.25, 0.3) is 0 Å². The number of nitrogens with zero attached hydrogens (tertiary/aromatic N) is 1. The summed E-state index contributed by atoms with van der Waals surface area (Å²) in [6.07, 6.45) is 5.34. The van der Waals surface area contributed by atoms with Crippen molar-refractivity contribution in [2.24, 2.45) is 11.8 Å². The molecule has 0 aromatic heterocycles. The van der Waals surface area contributed by atoms with Crippen molar-refractivity contribution < 1.29 is 0 Å². The summed E-state index contributed by atoms with van der Waals surface area (Å²) >= 11 is 0. The van der Waals surface area contributed by atoms with E-state index in [1.54, 1.807) is 0 Å². The standard InChI is InChI=1S/C16H31N/c1-7-15(12(2)3)10-16-9-8-14(6)11-17(16)13(4)5/h13-16H,2,7-11H2,1,3-6H3. The average molecular weight is 237 g/mol. The molecule has 1 aliphatic heterocycles. The first-order valence-electron chi connectivity index (χ1n) is 7.36. The average Bonchev–Trinajstić information content (AvgIpc) is 2.26. The van der Waals surface area contributed by atoms with Crippen molar-refractivity contribution in [3.63, 3.8) is 0 Å². The molecular weight excluding hydrogens is 206 g/mol. The van der Waals surface area contributed by atoms with Crippen LogP contribution in [0.25, 0.3) is 0 Å². The van der Waals surface area contributed by atoms with Crippen molar-refractivity contribution >= 4 is 0 Å². The molecule has 0 aromatic carbocycles. The molecule has 0 bridgehead atoms. The Balaban J connectivity index is 2.63. The highest BCUT2D eigenvalue weighted by Gasteiger charge is 2.29. The van der Waals surface area contributed by atoms with Crippen LogP contribution in [0.15, 0.2) is 12.2 Å². The molecule has 1 nitrogen and oxygen atoms in total. The van der Waals surface area contributed by atoms with Crippen LogP contribution in [0.1, 0.15) is 60.3 Å². The first kappa shape index (κ1) is 14.8. The molecular formula is C16H31N. The third-order valence-corrected chi connectivity index (χ3v) is 4.39. The van der Waals surface area contributed by atoms with Crippen molar-refractivity contribution in [2.75, 3.05) is 6.54 Å². The van der Waals surface area contributed by atoms with E-state index in [0.29, 0.717) is 6.04 Å². The summed E-state index contributed by atoms with van der Waals surface area (Å²) in [6, 6.07) is 1.47. The lowest BCUT2D eigenvalue weighted by Gasteiger charge is -2.42. The Kier molecular flexibility index (Phi) is 5.72. The van der Waals surface area contributed by atoms with Gasteiger partial charge in [-0.15, -0.1) is 0 Å². The molecule has 1 fully saturated rings. The zero-order valence-corrected chi connectivity index (χ0v) is 12.5. The molecule has 0 spiro atoms. The van der Waals surface area contributed by atoms with Gasteiger partial charge in [-0.2, -0.15) is 0 Å². The summed E-state index contributed by atoms with van der Waals surface area (Å²) in [5.41, 5.74) is 1.37. The fraction of sp³-hybridized carbons (Fsp3) is 0.875. The predicted molar refractivity (Wildman–Crippen MR) is 77.2 cm³/mol. The molecule has 3 unspecified atom stereocenters. The molecule has 1 rings (SSSR count). The fourth-order valence-corrected chi connectivity index (χ4v) is 3.17. The van der Waals surface area contributed by atoms with E-state index in [-0.39, 0.29) is 0 Å². The SMILES string of the molecule is C=C(C)C(CC)CC1CCC(C)CN1C(C)C. The van der Waals surface area contributed by atoms with Crippen molar-refractivity contribution in [1.29, 1.82) is 0 Å². The van der Waals surface area contributed by atoms with Crippen LogP contribution in [-0.4, -0.2) is 23.5 Å². The summed E-state index contributed by atoms with van der Waals surface area (Å²) in [7, 11) is 0. The molecule has 100 valence electrons. The predicted octanol–water partition coefficient (Wildman–Crippen LogP) is 4.49. The molecule has 0 aromatic rings. The van der Waals surface area contributed by atoms with Crippen LogP contribution in [0.5, 0.6) is 0 Å². The smallest absolute Gasteiger partial charge is 0.0104 e. The molecule has 0 amide bonds. The summed E-state index contributed by atoms with van der Waals surface area (Å²) in [5.74, 6) is 1.59. The van der Waals surface area contributed by atoms with E-state index in [2.05, 4.69) is 46.1 Å². The lowest BCUT2D eigenvalue weighted by atomic mass is 9.84. The van der Waals surface area contributed by atoms with Gasteiger partial charge in [-0.1, -0.05) is 26.0 Å². The van der Waals surface area contributed by atoms with E-state index in [0.717, 1.165) is 17.9 Å². The number of piperidine rings is 1. The highest BCUT2D eigenvalue weighted by Crippen LogP contribution is 2.30. The molecule has 1 heterocycles. The number of rotatable bonds is 5. The summed E-state index contributed by atoms with van der Waals surface area (Å²) in [5, 5.41) is 0. The van der Waals surface area contributed by atoms with Crippen LogP contribution in [-0.2, 0) is 0 Å². The molecule has 1 heteroatoms. The van der Waals surface area contributed by atoms with E-state index in [1.165, 1.54) is 37.8 Å². The molecule has 17 heavy (non-hydrogen) atoms. The van der Waals surface area contributed by atoms with E-state index < -0.39 is 0 Å². The third-order valence-electron chi connectivity index (χ3n) is 4.39. The molecule has 0 radical (unpaired) electrons. The zero-order chi connectivity index (χ0) is 13.0. The zero-order valence-electron chi connectivity index (χ0n) is 12.5. The molecule has 1 saturated heterocycles. The number of hydrogen-bond acceptors (Lipinski definition) is 1. The molecule has 0 saturated carbocycles. The normalized spacial score (nSPS) is 28.4. The molecule has 0 N–H and O–H groups in total. The summed E-state index contributed by atoms with van der Waals surface area (Å²) in [6.45, 7) is 17.0. The summed E-state index contributed by atoms with van der Waals surface area (Å²) in [4.78, 5) is 2.72. The Hall–Kier alpha value is -0.300. The minimum Gasteiger partial charge on any atom is -0.298 e. The van der Waals surface area contributed by atoms with Crippen LogP contribution >= 0.6 is 0 Å².